The monoisotopic (exact) mass is 338 g/mol. The summed E-state index contributed by atoms with van der Waals surface area (Å²) in [6.45, 7) is 2.01. The fourth-order valence-corrected chi connectivity index (χ4v) is 2.43. The van der Waals surface area contributed by atoms with Crippen LogP contribution < -0.4 is 16.0 Å². The summed E-state index contributed by atoms with van der Waals surface area (Å²) in [5.41, 5.74) is 5.54. The molecule has 3 N–H and O–H groups in total. The molecule has 0 fully saturated rings. The molecule has 0 heterocycles. The third kappa shape index (κ3) is 3.00. The molecule has 0 radical (unpaired) electrons. The van der Waals surface area contributed by atoms with Crippen molar-refractivity contribution in [1.82, 2.24) is 5.43 Å². The Morgan fingerprint density at radius 1 is 1.20 bits per heavy atom. The van der Waals surface area contributed by atoms with Crippen molar-refractivity contribution < 1.29 is 9.13 Å². The lowest BCUT2D eigenvalue weighted by molar-refractivity contribution is 0.385. The van der Waals surface area contributed by atoms with Crippen LogP contribution in [0.25, 0.3) is 0 Å². The first-order valence-corrected chi connectivity index (χ1v) is 6.91. The lowest BCUT2D eigenvalue weighted by atomic mass is 9.98. The Bertz CT molecular complexity index is 619. The molecule has 0 aliphatic carbocycles. The number of aryl methyl sites for hydroxylation is 1. The zero-order chi connectivity index (χ0) is 14.7. The van der Waals surface area contributed by atoms with Crippen molar-refractivity contribution in [2.75, 3.05) is 7.11 Å². The first kappa shape index (κ1) is 15.0. The summed E-state index contributed by atoms with van der Waals surface area (Å²) < 4.78 is 19.7. The highest BCUT2D eigenvalue weighted by atomic mass is 79.9. The molecule has 0 spiro atoms. The Morgan fingerprint density at radius 2 is 1.85 bits per heavy atom. The van der Waals surface area contributed by atoms with Gasteiger partial charge in [-0.05, 0) is 41.8 Å². The van der Waals surface area contributed by atoms with Crippen LogP contribution in [-0.4, -0.2) is 7.11 Å². The van der Waals surface area contributed by atoms with E-state index in [1.807, 2.05) is 25.1 Å². The second-order valence-corrected chi connectivity index (χ2v) is 5.36. The van der Waals surface area contributed by atoms with Crippen molar-refractivity contribution in [3.05, 3.63) is 63.4 Å². The smallest absolute Gasteiger partial charge is 0.165 e. The number of nitrogens with one attached hydrogen (secondary N) is 1. The van der Waals surface area contributed by atoms with Crippen LogP contribution in [0.5, 0.6) is 5.75 Å². The molecular weight excluding hydrogens is 323 g/mol. The van der Waals surface area contributed by atoms with Gasteiger partial charge in [0.2, 0.25) is 0 Å². The predicted octanol–water partition coefficient (Wildman–Crippen LogP) is 3.46. The molecule has 0 bridgehead atoms. The quantitative estimate of drug-likeness (QED) is 0.663. The van der Waals surface area contributed by atoms with E-state index in [-0.39, 0.29) is 11.8 Å². The maximum Gasteiger partial charge on any atom is 0.165 e. The minimum atomic E-state index is -0.406. The molecular formula is C15H16BrFN2O. The molecule has 0 saturated heterocycles. The molecule has 1 unspecified atom stereocenters. The number of hydrogen-bond donors (Lipinski definition) is 2. The van der Waals surface area contributed by atoms with Gasteiger partial charge in [-0.25, -0.2) is 9.82 Å². The van der Waals surface area contributed by atoms with Gasteiger partial charge in [-0.3, -0.25) is 5.84 Å². The number of nitrogens with two attached hydrogens (primary N) is 1. The van der Waals surface area contributed by atoms with Gasteiger partial charge < -0.3 is 4.74 Å². The second-order valence-electron chi connectivity index (χ2n) is 4.50. The Hall–Kier alpha value is -1.43. The van der Waals surface area contributed by atoms with Gasteiger partial charge in [-0.1, -0.05) is 34.1 Å². The fourth-order valence-electron chi connectivity index (χ4n) is 2.04. The number of rotatable bonds is 4. The Balaban J connectivity index is 2.41. The molecule has 2 aromatic carbocycles. The van der Waals surface area contributed by atoms with Gasteiger partial charge in [-0.2, -0.15) is 0 Å². The number of hydrazine groups is 1. The summed E-state index contributed by atoms with van der Waals surface area (Å²) in [6.07, 6.45) is 0. The largest absolute Gasteiger partial charge is 0.494 e. The van der Waals surface area contributed by atoms with E-state index in [9.17, 15) is 4.39 Å². The molecule has 0 amide bonds. The first-order chi connectivity index (χ1) is 9.56. The molecule has 3 nitrogen and oxygen atoms in total. The van der Waals surface area contributed by atoms with Crippen molar-refractivity contribution in [2.24, 2.45) is 5.84 Å². The minimum Gasteiger partial charge on any atom is -0.494 e. The van der Waals surface area contributed by atoms with Gasteiger partial charge in [0.1, 0.15) is 0 Å². The van der Waals surface area contributed by atoms with E-state index in [4.69, 9.17) is 10.6 Å². The van der Waals surface area contributed by atoms with E-state index in [0.29, 0.717) is 0 Å². The SMILES string of the molecule is COc1ccc(C(NN)c2ccc(C)c(Br)c2)cc1F. The Labute approximate surface area is 126 Å². The van der Waals surface area contributed by atoms with Gasteiger partial charge in [-0.15, -0.1) is 0 Å². The number of halogens is 2. The van der Waals surface area contributed by atoms with Crippen LogP contribution >= 0.6 is 15.9 Å². The molecule has 20 heavy (non-hydrogen) atoms. The van der Waals surface area contributed by atoms with Crippen LogP contribution in [0.1, 0.15) is 22.7 Å². The van der Waals surface area contributed by atoms with Crippen molar-refractivity contribution in [3.8, 4) is 5.75 Å². The molecule has 1 atom stereocenters. The number of ether oxygens (including phenoxy) is 1. The standard InChI is InChI=1S/C15H16BrFN2O/c1-9-3-4-10(7-12(9)16)15(19-18)11-5-6-14(20-2)13(17)8-11/h3-8,15,19H,18H2,1-2H3. The summed E-state index contributed by atoms with van der Waals surface area (Å²) in [5, 5.41) is 0. The van der Waals surface area contributed by atoms with Crippen molar-refractivity contribution in [3.63, 3.8) is 0 Å². The Morgan fingerprint density at radius 3 is 2.40 bits per heavy atom. The van der Waals surface area contributed by atoms with E-state index < -0.39 is 5.82 Å². The number of benzene rings is 2. The maximum absolute atomic E-state index is 13.8. The normalized spacial score (nSPS) is 12.2. The minimum absolute atomic E-state index is 0.217. The second kappa shape index (κ2) is 6.35. The summed E-state index contributed by atoms with van der Waals surface area (Å²) in [6, 6.07) is 10.5. The van der Waals surface area contributed by atoms with Gasteiger partial charge in [0.15, 0.2) is 11.6 Å². The van der Waals surface area contributed by atoms with Crippen LogP contribution in [0, 0.1) is 12.7 Å². The molecule has 0 aliphatic rings. The first-order valence-electron chi connectivity index (χ1n) is 6.12. The lowest BCUT2D eigenvalue weighted by Crippen LogP contribution is -2.29. The zero-order valence-corrected chi connectivity index (χ0v) is 12.9. The van der Waals surface area contributed by atoms with E-state index in [2.05, 4.69) is 21.4 Å². The lowest BCUT2D eigenvalue weighted by Gasteiger charge is -2.18. The van der Waals surface area contributed by atoms with E-state index in [1.54, 1.807) is 12.1 Å². The maximum atomic E-state index is 13.8. The fraction of sp³-hybridized carbons (Fsp3) is 0.200. The van der Waals surface area contributed by atoms with E-state index >= 15 is 0 Å². The molecule has 2 rings (SSSR count). The highest BCUT2D eigenvalue weighted by Crippen LogP contribution is 2.28. The van der Waals surface area contributed by atoms with Crippen molar-refractivity contribution in [2.45, 2.75) is 13.0 Å². The summed E-state index contributed by atoms with van der Waals surface area (Å²) in [5.74, 6) is 5.44. The van der Waals surface area contributed by atoms with Crippen LogP contribution in [0.3, 0.4) is 0 Å². The molecule has 2 aromatic rings. The third-order valence-electron chi connectivity index (χ3n) is 3.21. The van der Waals surface area contributed by atoms with Crippen LogP contribution in [-0.2, 0) is 0 Å². The van der Waals surface area contributed by atoms with E-state index in [1.165, 1.54) is 13.2 Å². The molecule has 0 saturated carbocycles. The molecule has 106 valence electrons. The highest BCUT2D eigenvalue weighted by Gasteiger charge is 2.15. The van der Waals surface area contributed by atoms with Gasteiger partial charge in [0.25, 0.3) is 0 Å². The van der Waals surface area contributed by atoms with Crippen molar-refractivity contribution in [1.29, 1.82) is 0 Å². The van der Waals surface area contributed by atoms with Crippen molar-refractivity contribution >= 4 is 15.9 Å². The summed E-state index contributed by atoms with van der Waals surface area (Å²) in [7, 11) is 1.44. The number of hydrogen-bond acceptors (Lipinski definition) is 3. The zero-order valence-electron chi connectivity index (χ0n) is 11.3. The molecule has 5 heteroatoms. The summed E-state index contributed by atoms with van der Waals surface area (Å²) in [4.78, 5) is 0. The third-order valence-corrected chi connectivity index (χ3v) is 4.06. The highest BCUT2D eigenvalue weighted by molar-refractivity contribution is 9.10. The van der Waals surface area contributed by atoms with Crippen LogP contribution in [0.4, 0.5) is 4.39 Å². The topological polar surface area (TPSA) is 47.3 Å². The van der Waals surface area contributed by atoms with Gasteiger partial charge in [0, 0.05) is 4.47 Å². The van der Waals surface area contributed by atoms with Gasteiger partial charge in [0.05, 0.1) is 13.2 Å². The Kier molecular flexibility index (Phi) is 4.75. The molecule has 0 aromatic heterocycles. The van der Waals surface area contributed by atoms with Crippen LogP contribution in [0.2, 0.25) is 0 Å². The van der Waals surface area contributed by atoms with E-state index in [0.717, 1.165) is 21.2 Å². The average Bonchev–Trinajstić information content (AvgIpc) is 2.44. The average molecular weight is 339 g/mol. The molecule has 0 aliphatic heterocycles. The predicted molar refractivity (Wildman–Crippen MR) is 81.0 cm³/mol. The summed E-state index contributed by atoms with van der Waals surface area (Å²) >= 11 is 3.49. The number of methoxy groups -OCH3 is 1. The van der Waals surface area contributed by atoms with Gasteiger partial charge >= 0.3 is 0 Å². The van der Waals surface area contributed by atoms with Crippen LogP contribution in [0.15, 0.2) is 40.9 Å².